The largest absolute Gasteiger partial charge is 0.311 e. The van der Waals surface area contributed by atoms with E-state index in [1.807, 2.05) is 6.92 Å². The van der Waals surface area contributed by atoms with Gasteiger partial charge < -0.3 is 4.84 Å². The zero-order chi connectivity index (χ0) is 10.5. The third-order valence-electron chi connectivity index (χ3n) is 1.91. The molecule has 0 spiro atoms. The Kier molecular flexibility index (Phi) is 4.73. The van der Waals surface area contributed by atoms with Crippen LogP contribution in [-0.4, -0.2) is 11.2 Å². The number of hydrogen-bond acceptors (Lipinski definition) is 3. The smallest absolute Gasteiger partial charge is 0.294 e. The van der Waals surface area contributed by atoms with Gasteiger partial charge in [-0.25, -0.2) is 0 Å². The Morgan fingerprint density at radius 1 is 1.46 bits per heavy atom. The fraction of sp³-hybridized carbons (Fsp3) is 1.00. The molecule has 0 heterocycles. The van der Waals surface area contributed by atoms with Crippen LogP contribution >= 0.6 is 0 Å². The molecule has 13 heavy (non-hydrogen) atoms. The summed E-state index contributed by atoms with van der Waals surface area (Å²) in [5.74, 6) is 0. The van der Waals surface area contributed by atoms with E-state index in [4.69, 9.17) is 0 Å². The molecule has 0 bridgehead atoms. The second-order valence-corrected chi connectivity index (χ2v) is 4.46. The Labute approximate surface area is 79.4 Å². The van der Waals surface area contributed by atoms with Crippen LogP contribution in [0.3, 0.4) is 0 Å². The molecule has 0 aliphatic heterocycles. The van der Waals surface area contributed by atoms with Gasteiger partial charge in [0.25, 0.3) is 5.09 Å². The first-order valence-corrected chi connectivity index (χ1v) is 4.66. The van der Waals surface area contributed by atoms with Gasteiger partial charge in [-0.3, -0.25) is 0 Å². The fourth-order valence-electron chi connectivity index (χ4n) is 1.05. The van der Waals surface area contributed by atoms with Gasteiger partial charge in [0.1, 0.15) is 6.10 Å². The van der Waals surface area contributed by atoms with Crippen molar-refractivity contribution < 1.29 is 9.92 Å². The minimum Gasteiger partial charge on any atom is -0.311 e. The van der Waals surface area contributed by atoms with Crippen LogP contribution in [0.5, 0.6) is 0 Å². The Balaban J connectivity index is 3.79. The molecule has 0 aromatic rings. The molecule has 4 nitrogen and oxygen atoms in total. The number of hydrogen-bond donors (Lipinski definition) is 0. The predicted molar refractivity (Wildman–Crippen MR) is 50.8 cm³/mol. The number of rotatable bonds is 5. The van der Waals surface area contributed by atoms with Crippen LogP contribution in [0.15, 0.2) is 0 Å². The average molecular weight is 189 g/mol. The summed E-state index contributed by atoms with van der Waals surface area (Å²) in [7, 11) is 0. The van der Waals surface area contributed by atoms with Gasteiger partial charge in [-0.05, 0) is 24.7 Å². The molecule has 0 saturated carbocycles. The van der Waals surface area contributed by atoms with Crippen molar-refractivity contribution in [1.82, 2.24) is 0 Å². The van der Waals surface area contributed by atoms with Gasteiger partial charge in [0.05, 0.1) is 0 Å². The molecule has 1 atom stereocenters. The molecule has 0 saturated heterocycles. The maximum Gasteiger partial charge on any atom is 0.294 e. The Morgan fingerprint density at radius 3 is 2.31 bits per heavy atom. The molecule has 0 aliphatic rings. The van der Waals surface area contributed by atoms with Crippen molar-refractivity contribution in [2.24, 2.45) is 5.41 Å². The van der Waals surface area contributed by atoms with E-state index < -0.39 is 5.09 Å². The maximum absolute atomic E-state index is 10.1. The summed E-state index contributed by atoms with van der Waals surface area (Å²) in [6.45, 7) is 8.25. The Morgan fingerprint density at radius 2 is 2.00 bits per heavy atom. The first kappa shape index (κ1) is 12.2. The first-order valence-electron chi connectivity index (χ1n) is 4.66. The van der Waals surface area contributed by atoms with Crippen molar-refractivity contribution in [2.75, 3.05) is 0 Å². The lowest BCUT2D eigenvalue weighted by molar-refractivity contribution is -0.769. The van der Waals surface area contributed by atoms with Crippen LogP contribution in [0.4, 0.5) is 0 Å². The van der Waals surface area contributed by atoms with Crippen molar-refractivity contribution in [1.29, 1.82) is 0 Å². The highest BCUT2D eigenvalue weighted by Crippen LogP contribution is 2.23. The highest BCUT2D eigenvalue weighted by Gasteiger charge is 2.16. The van der Waals surface area contributed by atoms with Crippen LogP contribution in [-0.2, 0) is 4.84 Å². The fourth-order valence-corrected chi connectivity index (χ4v) is 1.05. The van der Waals surface area contributed by atoms with Gasteiger partial charge in [0.15, 0.2) is 0 Å². The number of nitrogens with zero attached hydrogens (tertiary/aromatic N) is 1. The minimum atomic E-state index is -0.698. The third-order valence-corrected chi connectivity index (χ3v) is 1.91. The molecule has 4 heteroatoms. The molecule has 0 rings (SSSR count). The monoisotopic (exact) mass is 189 g/mol. The van der Waals surface area contributed by atoms with E-state index in [0.29, 0.717) is 6.42 Å². The van der Waals surface area contributed by atoms with Gasteiger partial charge in [0.2, 0.25) is 0 Å². The molecule has 0 amide bonds. The minimum absolute atomic E-state index is 0.216. The molecule has 1 unspecified atom stereocenters. The van der Waals surface area contributed by atoms with Crippen LogP contribution in [0, 0.1) is 15.5 Å². The van der Waals surface area contributed by atoms with Gasteiger partial charge in [-0.15, -0.1) is 10.1 Å². The van der Waals surface area contributed by atoms with Gasteiger partial charge >= 0.3 is 0 Å². The van der Waals surface area contributed by atoms with E-state index in [-0.39, 0.29) is 11.5 Å². The van der Waals surface area contributed by atoms with E-state index in [2.05, 4.69) is 25.6 Å². The van der Waals surface area contributed by atoms with Crippen LogP contribution in [0.1, 0.15) is 47.0 Å². The van der Waals surface area contributed by atoms with E-state index in [1.54, 1.807) is 0 Å². The third kappa shape index (κ3) is 7.56. The molecule has 0 aromatic carbocycles. The molecule has 78 valence electrons. The van der Waals surface area contributed by atoms with E-state index >= 15 is 0 Å². The Hall–Kier alpha value is -0.800. The molecule has 0 aliphatic carbocycles. The highest BCUT2D eigenvalue weighted by atomic mass is 17.0. The van der Waals surface area contributed by atoms with Crippen LogP contribution < -0.4 is 0 Å². The summed E-state index contributed by atoms with van der Waals surface area (Å²) in [4.78, 5) is 14.6. The standard InChI is InChI=1S/C9H19NO3/c1-5-8(13-10(11)12)6-7-9(2,3)4/h8H,5-7H2,1-4H3. The lowest BCUT2D eigenvalue weighted by Crippen LogP contribution is -2.18. The summed E-state index contributed by atoms with van der Waals surface area (Å²) < 4.78 is 0. The van der Waals surface area contributed by atoms with Crippen LogP contribution in [0.25, 0.3) is 0 Å². The second kappa shape index (κ2) is 5.04. The zero-order valence-corrected chi connectivity index (χ0v) is 8.87. The van der Waals surface area contributed by atoms with Gasteiger partial charge in [0, 0.05) is 0 Å². The van der Waals surface area contributed by atoms with Crippen molar-refractivity contribution in [2.45, 2.75) is 53.1 Å². The second-order valence-electron chi connectivity index (χ2n) is 4.46. The van der Waals surface area contributed by atoms with Crippen LogP contribution in [0.2, 0.25) is 0 Å². The topological polar surface area (TPSA) is 52.4 Å². The normalized spacial score (nSPS) is 13.8. The molecular weight excluding hydrogens is 170 g/mol. The van der Waals surface area contributed by atoms with Crippen molar-refractivity contribution in [3.63, 3.8) is 0 Å². The molecule has 0 radical (unpaired) electrons. The summed E-state index contributed by atoms with van der Waals surface area (Å²) >= 11 is 0. The van der Waals surface area contributed by atoms with Gasteiger partial charge in [-0.2, -0.15) is 0 Å². The molecular formula is C9H19NO3. The van der Waals surface area contributed by atoms with E-state index in [1.165, 1.54) is 0 Å². The van der Waals surface area contributed by atoms with Gasteiger partial charge in [-0.1, -0.05) is 27.7 Å². The highest BCUT2D eigenvalue weighted by molar-refractivity contribution is 4.64. The lowest BCUT2D eigenvalue weighted by atomic mass is 9.89. The summed E-state index contributed by atoms with van der Waals surface area (Å²) in [5, 5.41) is 9.38. The maximum atomic E-state index is 10.1. The molecule has 0 aromatic heterocycles. The van der Waals surface area contributed by atoms with E-state index in [0.717, 1.165) is 12.8 Å². The summed E-state index contributed by atoms with van der Waals surface area (Å²) in [6, 6.07) is 0. The average Bonchev–Trinajstić information content (AvgIpc) is 1.95. The Bertz CT molecular complexity index is 163. The SMILES string of the molecule is CCC(CCC(C)(C)C)O[N+](=O)[O-]. The van der Waals surface area contributed by atoms with Crippen molar-refractivity contribution in [3.05, 3.63) is 10.1 Å². The quantitative estimate of drug-likeness (QED) is 0.493. The molecule has 0 N–H and O–H groups in total. The first-order chi connectivity index (χ1) is 5.85. The summed E-state index contributed by atoms with van der Waals surface area (Å²) in [6.07, 6.45) is 2.14. The van der Waals surface area contributed by atoms with Crippen molar-refractivity contribution >= 4 is 0 Å². The zero-order valence-electron chi connectivity index (χ0n) is 8.87. The summed E-state index contributed by atoms with van der Waals surface area (Å²) in [5.41, 5.74) is 0.216. The predicted octanol–water partition coefficient (Wildman–Crippen LogP) is 2.80. The molecule has 0 fully saturated rings. The van der Waals surface area contributed by atoms with Crippen molar-refractivity contribution in [3.8, 4) is 0 Å². The van der Waals surface area contributed by atoms with E-state index in [9.17, 15) is 10.1 Å². The lowest BCUT2D eigenvalue weighted by Gasteiger charge is -2.21.